The van der Waals surface area contributed by atoms with Crippen LogP contribution in [0.15, 0.2) is 54.9 Å². The lowest BCUT2D eigenvalue weighted by atomic mass is 9.99. The normalized spacial score (nSPS) is 17.4. The van der Waals surface area contributed by atoms with Crippen molar-refractivity contribution >= 4 is 34.2 Å². The van der Waals surface area contributed by atoms with E-state index in [9.17, 15) is 13.6 Å². The first kappa shape index (κ1) is 26.3. The van der Waals surface area contributed by atoms with Gasteiger partial charge < -0.3 is 19.4 Å². The fraction of sp³-hybridized carbons (Fsp3) is 0.290. The molecule has 3 aliphatic rings. The first-order valence-electron chi connectivity index (χ1n) is 14.1. The summed E-state index contributed by atoms with van der Waals surface area (Å²) in [5.41, 5.74) is 4.39. The number of nitrogens with one attached hydrogen (secondary N) is 1. The fourth-order valence-electron chi connectivity index (χ4n) is 6.02. The fourth-order valence-corrected chi connectivity index (χ4v) is 6.11. The summed E-state index contributed by atoms with van der Waals surface area (Å²) in [6.45, 7) is 3.01. The number of halogens is 3. The molecule has 1 aliphatic heterocycles. The average molecular weight is 603 g/mol. The summed E-state index contributed by atoms with van der Waals surface area (Å²) in [6.07, 6.45) is 7.07. The number of amides is 1. The Morgan fingerprint density at radius 3 is 2.74 bits per heavy atom. The second-order valence-electron chi connectivity index (χ2n) is 11.3. The molecule has 0 radical (unpaired) electrons. The molecule has 2 aliphatic carbocycles. The predicted molar refractivity (Wildman–Crippen MR) is 155 cm³/mol. The van der Waals surface area contributed by atoms with Crippen molar-refractivity contribution in [3.05, 3.63) is 77.5 Å². The van der Waals surface area contributed by atoms with Gasteiger partial charge in [-0.2, -0.15) is 5.10 Å². The second-order valence-corrected chi connectivity index (χ2v) is 11.7. The molecule has 5 aromatic rings. The summed E-state index contributed by atoms with van der Waals surface area (Å²) in [5.74, 6) is 0.282. The van der Waals surface area contributed by atoms with Gasteiger partial charge in [-0.05, 0) is 62.2 Å². The van der Waals surface area contributed by atoms with Crippen LogP contribution in [0.25, 0.3) is 33.4 Å². The van der Waals surface area contributed by atoms with Crippen LogP contribution in [0.4, 0.5) is 14.5 Å². The highest BCUT2D eigenvalue weighted by molar-refractivity contribution is 6.20. The Morgan fingerprint density at radius 1 is 1.16 bits per heavy atom. The number of carbonyl (C=O) groups excluding carboxylic acids is 1. The Bertz CT molecular complexity index is 1930. The largest absolute Gasteiger partial charge is 0.487 e. The van der Waals surface area contributed by atoms with Crippen molar-refractivity contribution in [1.82, 2.24) is 24.3 Å². The van der Waals surface area contributed by atoms with Crippen LogP contribution in [0.2, 0.25) is 0 Å². The van der Waals surface area contributed by atoms with Crippen molar-refractivity contribution < 1.29 is 23.0 Å². The van der Waals surface area contributed by atoms with E-state index in [4.69, 9.17) is 31.4 Å². The molecule has 1 N–H and O–H groups in total. The van der Waals surface area contributed by atoms with Crippen LogP contribution in [0, 0.1) is 0 Å². The van der Waals surface area contributed by atoms with Gasteiger partial charge in [0.2, 0.25) is 0 Å². The molecule has 218 valence electrons. The highest BCUT2D eigenvalue weighted by Gasteiger charge is 2.31. The molecule has 2 aromatic carbocycles. The lowest BCUT2D eigenvalue weighted by Crippen LogP contribution is -2.21. The quantitative estimate of drug-likeness (QED) is 0.213. The molecular formula is C31H25ClF2N6O3. The molecule has 4 heterocycles. The Labute approximate surface area is 249 Å². The third-order valence-corrected chi connectivity index (χ3v) is 8.20. The van der Waals surface area contributed by atoms with Gasteiger partial charge in [0.1, 0.15) is 18.2 Å². The van der Waals surface area contributed by atoms with Gasteiger partial charge in [0.25, 0.3) is 5.91 Å². The summed E-state index contributed by atoms with van der Waals surface area (Å²) < 4.78 is 40.4. The van der Waals surface area contributed by atoms with Crippen LogP contribution in [0.3, 0.4) is 0 Å². The maximum absolute atomic E-state index is 13.5. The maximum atomic E-state index is 13.5. The predicted octanol–water partition coefficient (Wildman–Crippen LogP) is 6.71. The molecule has 3 aromatic heterocycles. The molecule has 1 fully saturated rings. The minimum absolute atomic E-state index is 0.0523. The molecule has 0 saturated heterocycles. The molecule has 8 rings (SSSR count). The number of imidazole rings is 1. The van der Waals surface area contributed by atoms with E-state index < -0.39 is 5.57 Å². The van der Waals surface area contributed by atoms with Gasteiger partial charge >= 0.3 is 5.57 Å². The third-order valence-electron chi connectivity index (χ3n) is 8.12. The number of alkyl halides is 3. The van der Waals surface area contributed by atoms with Crippen LogP contribution >= 0.6 is 11.6 Å². The Balaban J connectivity index is 1.20. The second kappa shape index (κ2) is 9.58. The molecule has 12 heteroatoms. The van der Waals surface area contributed by atoms with Crippen LogP contribution in [0.1, 0.15) is 59.3 Å². The zero-order chi connectivity index (χ0) is 29.5. The maximum Gasteiger partial charge on any atom is 0.487 e. The summed E-state index contributed by atoms with van der Waals surface area (Å²) >= 11 is 4.85. The van der Waals surface area contributed by atoms with Gasteiger partial charge in [-0.25, -0.2) is 4.98 Å². The average Bonchev–Trinajstić information content (AvgIpc) is 3.48. The number of ether oxygens (including phenoxy) is 2. The van der Waals surface area contributed by atoms with Crippen LogP contribution < -0.4 is 10.1 Å². The van der Waals surface area contributed by atoms with Crippen LogP contribution in [0.5, 0.6) is 5.75 Å². The molecule has 0 spiro atoms. The topological polar surface area (TPSA) is 96.1 Å². The van der Waals surface area contributed by atoms with E-state index in [2.05, 4.69) is 38.5 Å². The molecule has 43 heavy (non-hydrogen) atoms. The number of rotatable bonds is 6. The van der Waals surface area contributed by atoms with E-state index in [1.54, 1.807) is 6.07 Å². The summed E-state index contributed by atoms with van der Waals surface area (Å²) in [6, 6.07) is 11.8. The zero-order valence-electron chi connectivity index (χ0n) is 23.0. The van der Waals surface area contributed by atoms with Crippen LogP contribution in [-0.2, 0) is 17.8 Å². The van der Waals surface area contributed by atoms with Gasteiger partial charge in [-0.3, -0.25) is 14.5 Å². The molecule has 1 saturated carbocycles. The van der Waals surface area contributed by atoms with Crippen LogP contribution in [-0.4, -0.2) is 42.4 Å². The standard InChI is InChI=1S/C31H25ClF2N6O3/c1-16-14-42-15-27-37-26-10-17(30(41)36-20-2-6-22(7-3-20)43-31(32,33)34)8-23(29(26)40(16)27)18-9-24-25(35-12-18)11-19-13-39(21-4-5-21)38-28(19)24/h2-3,6-10,12-13,16,21H,4-5,11,14-15H2,1H3,(H,36,41)/t16-/m1/s1. The van der Waals surface area contributed by atoms with E-state index in [-0.39, 0.29) is 17.7 Å². The number of anilines is 1. The minimum atomic E-state index is -3.83. The molecule has 9 nitrogen and oxygen atoms in total. The number of aromatic nitrogens is 5. The molecule has 1 amide bonds. The minimum Gasteiger partial charge on any atom is -0.420 e. The smallest absolute Gasteiger partial charge is 0.420 e. The van der Waals surface area contributed by atoms with Crippen molar-refractivity contribution in [2.45, 2.75) is 50.4 Å². The van der Waals surface area contributed by atoms with E-state index in [1.165, 1.54) is 29.8 Å². The number of fused-ring (bicyclic) bond motifs is 6. The molecule has 0 bridgehead atoms. The van der Waals surface area contributed by atoms with Gasteiger partial charge in [-0.15, -0.1) is 8.78 Å². The summed E-state index contributed by atoms with van der Waals surface area (Å²) in [5, 5.41) is 7.74. The first-order chi connectivity index (χ1) is 20.7. The SMILES string of the molecule is C[C@@H]1COCc2nc3cc(C(=O)Nc4ccc(OC(F)(F)Cl)cc4)cc(-c4cnc5c(c4)-c4nn(C6CC6)cc4C5)c3n21. The molecule has 0 unspecified atom stereocenters. The number of hydrogen-bond acceptors (Lipinski definition) is 6. The Morgan fingerprint density at radius 2 is 1.98 bits per heavy atom. The third kappa shape index (κ3) is 4.72. The number of pyridine rings is 1. The number of hydrogen-bond donors (Lipinski definition) is 1. The van der Waals surface area contributed by atoms with Gasteiger partial charge in [0.15, 0.2) is 0 Å². The monoisotopic (exact) mass is 602 g/mol. The highest BCUT2D eigenvalue weighted by Crippen LogP contribution is 2.42. The summed E-state index contributed by atoms with van der Waals surface area (Å²) in [7, 11) is 0. The van der Waals surface area contributed by atoms with Crippen molar-refractivity contribution in [3.8, 4) is 28.1 Å². The lowest BCUT2D eigenvalue weighted by molar-refractivity contribution is -0.0964. The van der Waals surface area contributed by atoms with Crippen molar-refractivity contribution in [2.24, 2.45) is 0 Å². The van der Waals surface area contributed by atoms with Gasteiger partial charge in [-0.1, -0.05) is 0 Å². The summed E-state index contributed by atoms with van der Waals surface area (Å²) in [4.78, 5) is 23.2. The number of nitrogens with zero attached hydrogens (tertiary/aromatic N) is 5. The molecular weight excluding hydrogens is 578 g/mol. The Kier molecular flexibility index (Phi) is 5.86. The first-order valence-corrected chi connectivity index (χ1v) is 14.5. The molecule has 1 atom stereocenters. The van der Waals surface area contributed by atoms with Gasteiger partial charge in [0, 0.05) is 63.9 Å². The van der Waals surface area contributed by atoms with Crippen molar-refractivity contribution in [3.63, 3.8) is 0 Å². The van der Waals surface area contributed by atoms with E-state index in [0.717, 1.165) is 58.7 Å². The Hall–Kier alpha value is -4.35. The zero-order valence-corrected chi connectivity index (χ0v) is 23.7. The van der Waals surface area contributed by atoms with E-state index in [1.807, 2.05) is 12.3 Å². The lowest BCUT2D eigenvalue weighted by Gasteiger charge is -2.23. The number of benzene rings is 2. The highest BCUT2D eigenvalue weighted by atomic mass is 35.5. The van der Waals surface area contributed by atoms with Crippen molar-refractivity contribution in [2.75, 3.05) is 11.9 Å². The van der Waals surface area contributed by atoms with Crippen molar-refractivity contribution in [1.29, 1.82) is 0 Å². The van der Waals surface area contributed by atoms with Gasteiger partial charge in [0.05, 0.1) is 41.1 Å². The number of carbonyl (C=O) groups is 1. The van der Waals surface area contributed by atoms with E-state index in [0.29, 0.717) is 36.0 Å². The van der Waals surface area contributed by atoms with E-state index >= 15 is 0 Å².